The third-order valence-corrected chi connectivity index (χ3v) is 8.99. The zero-order chi connectivity index (χ0) is 29.8. The summed E-state index contributed by atoms with van der Waals surface area (Å²) in [7, 11) is 1.87. The summed E-state index contributed by atoms with van der Waals surface area (Å²) in [6.07, 6.45) is 2.81. The molecule has 0 spiro atoms. The number of aryl methyl sites for hydroxylation is 3. The molecule has 9 nitrogen and oxygen atoms in total. The van der Waals surface area contributed by atoms with Crippen molar-refractivity contribution in [3.05, 3.63) is 82.0 Å². The Hall–Kier alpha value is -4.24. The Labute approximate surface area is 245 Å². The summed E-state index contributed by atoms with van der Waals surface area (Å²) < 4.78 is 8.20. The van der Waals surface area contributed by atoms with E-state index in [2.05, 4.69) is 69.6 Å². The summed E-state index contributed by atoms with van der Waals surface area (Å²) in [5.74, 6) is -0.317. The third-order valence-electron chi connectivity index (χ3n) is 8.99. The van der Waals surface area contributed by atoms with Crippen LogP contribution in [0.1, 0.15) is 66.5 Å². The average molecular weight is 567 g/mol. The number of aromatic amines is 1. The van der Waals surface area contributed by atoms with Crippen LogP contribution in [0.25, 0.3) is 21.9 Å². The van der Waals surface area contributed by atoms with E-state index in [9.17, 15) is 9.90 Å². The van der Waals surface area contributed by atoms with E-state index < -0.39 is 11.4 Å². The number of hydrogen-bond donors (Lipinski definition) is 2. The fourth-order valence-electron chi connectivity index (χ4n) is 6.35. The Bertz CT molecular complexity index is 1800. The highest BCUT2D eigenvalue weighted by Crippen LogP contribution is 2.44. The van der Waals surface area contributed by atoms with Gasteiger partial charge in [0.15, 0.2) is 0 Å². The lowest BCUT2D eigenvalue weighted by atomic mass is 9.69. The van der Waals surface area contributed by atoms with E-state index in [0.717, 1.165) is 76.0 Å². The first kappa shape index (κ1) is 27.9. The zero-order valence-electron chi connectivity index (χ0n) is 25.1. The molecule has 0 saturated heterocycles. The molecule has 0 fully saturated rings. The molecule has 5 aromatic rings. The van der Waals surface area contributed by atoms with Crippen LogP contribution >= 0.6 is 0 Å². The van der Waals surface area contributed by atoms with Crippen molar-refractivity contribution in [1.82, 2.24) is 30.1 Å². The van der Waals surface area contributed by atoms with Crippen LogP contribution in [0.2, 0.25) is 0 Å². The second-order valence-electron chi connectivity index (χ2n) is 12.2. The smallest absolute Gasteiger partial charge is 0.310 e. The van der Waals surface area contributed by atoms with Gasteiger partial charge in [-0.05, 0) is 74.1 Å². The van der Waals surface area contributed by atoms with E-state index in [1.165, 1.54) is 11.1 Å². The molecule has 0 bridgehead atoms. The third kappa shape index (κ3) is 4.81. The number of aliphatic carboxylic acids is 1. The molecule has 3 heterocycles. The molecule has 0 radical (unpaired) electrons. The van der Waals surface area contributed by atoms with E-state index >= 15 is 0 Å². The van der Waals surface area contributed by atoms with Crippen LogP contribution in [-0.4, -0.2) is 53.8 Å². The van der Waals surface area contributed by atoms with Gasteiger partial charge in [-0.3, -0.25) is 14.8 Å². The molecule has 3 aromatic carbocycles. The number of nitrogens with zero attached hydrogens (tertiary/aromatic N) is 5. The molecule has 9 heteroatoms. The first-order valence-corrected chi connectivity index (χ1v) is 14.5. The SMILES string of the molecule is CC[C@@H]1CN(Cc2cc(C(c3ccc4c(nnn4C)c3C)C(C)(C)C(=O)O)ccc2C)Cc2cc3cn[nH]c3cc2O1. The van der Waals surface area contributed by atoms with Crippen molar-refractivity contribution in [3.63, 3.8) is 0 Å². The Kier molecular flexibility index (Phi) is 7.01. The van der Waals surface area contributed by atoms with Gasteiger partial charge in [0.1, 0.15) is 17.4 Å². The Morgan fingerprint density at radius 2 is 2.00 bits per heavy atom. The number of carboxylic acids is 1. The second kappa shape index (κ2) is 10.5. The molecule has 6 rings (SSSR count). The quantitative estimate of drug-likeness (QED) is 0.253. The largest absolute Gasteiger partial charge is 0.489 e. The summed E-state index contributed by atoms with van der Waals surface area (Å²) in [5, 5.41) is 27.3. The molecule has 0 saturated carbocycles. The number of fused-ring (bicyclic) bond motifs is 3. The number of carbonyl (C=O) groups is 1. The lowest BCUT2D eigenvalue weighted by Gasteiger charge is -2.33. The Morgan fingerprint density at radius 1 is 1.19 bits per heavy atom. The number of H-pyrrole nitrogens is 1. The Morgan fingerprint density at radius 3 is 2.76 bits per heavy atom. The number of aromatic nitrogens is 5. The highest BCUT2D eigenvalue weighted by atomic mass is 16.5. The molecule has 0 amide bonds. The van der Waals surface area contributed by atoms with Crippen LogP contribution in [0, 0.1) is 19.3 Å². The standard InChI is InChI=1S/C33H38N6O3/c1-7-25-18-39(17-24-13-22-15-34-35-27(22)14-29(24)42-25)16-23-12-21(9-8-19(23)2)30(33(4,5)32(40)41)26-10-11-28-31(20(26)3)36-37-38(28)6/h8-15,25,30H,7,16-18H2,1-6H3,(H,34,35)(H,40,41)/t25-,30?/m1/s1. The van der Waals surface area contributed by atoms with Gasteiger partial charge < -0.3 is 9.84 Å². The lowest BCUT2D eigenvalue weighted by Crippen LogP contribution is -2.33. The van der Waals surface area contributed by atoms with E-state index in [1.807, 2.05) is 46.1 Å². The van der Waals surface area contributed by atoms with Crippen molar-refractivity contribution in [2.45, 2.75) is 66.2 Å². The van der Waals surface area contributed by atoms with Crippen molar-refractivity contribution in [2.24, 2.45) is 12.5 Å². The number of benzene rings is 3. The van der Waals surface area contributed by atoms with Gasteiger partial charge in [0.05, 0.1) is 22.6 Å². The van der Waals surface area contributed by atoms with E-state index in [1.54, 1.807) is 4.68 Å². The number of hydrogen-bond acceptors (Lipinski definition) is 6. The van der Waals surface area contributed by atoms with E-state index in [-0.39, 0.29) is 12.0 Å². The molecular weight excluding hydrogens is 528 g/mol. The number of ether oxygens (including phenoxy) is 1. The molecule has 0 aliphatic carbocycles. The fraction of sp³-hybridized carbons (Fsp3) is 0.394. The molecule has 42 heavy (non-hydrogen) atoms. The summed E-state index contributed by atoms with van der Waals surface area (Å²) in [5.41, 5.74) is 8.03. The van der Waals surface area contributed by atoms with Gasteiger partial charge in [-0.2, -0.15) is 5.10 Å². The topological polar surface area (TPSA) is 109 Å². The minimum atomic E-state index is -1.06. The summed E-state index contributed by atoms with van der Waals surface area (Å²) in [6, 6.07) is 14.7. The van der Waals surface area contributed by atoms with Gasteiger partial charge in [0.25, 0.3) is 0 Å². The van der Waals surface area contributed by atoms with Gasteiger partial charge in [-0.15, -0.1) is 5.10 Å². The maximum absolute atomic E-state index is 12.7. The van der Waals surface area contributed by atoms with Gasteiger partial charge in [-0.1, -0.05) is 36.4 Å². The van der Waals surface area contributed by atoms with Crippen LogP contribution in [0.4, 0.5) is 0 Å². The van der Waals surface area contributed by atoms with Crippen molar-refractivity contribution in [2.75, 3.05) is 6.54 Å². The molecule has 2 atom stereocenters. The molecular formula is C33H38N6O3. The van der Waals surface area contributed by atoms with Crippen molar-refractivity contribution < 1.29 is 14.6 Å². The minimum absolute atomic E-state index is 0.0650. The predicted octanol–water partition coefficient (Wildman–Crippen LogP) is 5.88. The van der Waals surface area contributed by atoms with Crippen LogP contribution < -0.4 is 4.74 Å². The van der Waals surface area contributed by atoms with E-state index in [0.29, 0.717) is 0 Å². The summed E-state index contributed by atoms with van der Waals surface area (Å²) in [6.45, 7) is 12.2. The number of carboxylic acid groups (broad SMARTS) is 1. The average Bonchev–Trinajstić information content (AvgIpc) is 3.52. The minimum Gasteiger partial charge on any atom is -0.489 e. The maximum Gasteiger partial charge on any atom is 0.310 e. The highest BCUT2D eigenvalue weighted by molar-refractivity contribution is 5.82. The summed E-state index contributed by atoms with van der Waals surface area (Å²) in [4.78, 5) is 15.1. The van der Waals surface area contributed by atoms with Gasteiger partial charge in [0, 0.05) is 49.6 Å². The molecule has 2 aromatic heterocycles. The molecule has 2 N–H and O–H groups in total. The van der Waals surface area contributed by atoms with Crippen LogP contribution in [0.5, 0.6) is 5.75 Å². The zero-order valence-corrected chi connectivity index (χ0v) is 25.1. The monoisotopic (exact) mass is 566 g/mol. The number of nitrogens with one attached hydrogen (secondary N) is 1. The van der Waals surface area contributed by atoms with Crippen LogP contribution in [0.15, 0.2) is 48.7 Å². The molecule has 1 aliphatic rings. The fourth-order valence-corrected chi connectivity index (χ4v) is 6.35. The van der Waals surface area contributed by atoms with E-state index in [4.69, 9.17) is 4.74 Å². The number of rotatable bonds is 7. The van der Waals surface area contributed by atoms with Crippen molar-refractivity contribution in [3.8, 4) is 5.75 Å². The first-order chi connectivity index (χ1) is 20.1. The molecule has 1 aliphatic heterocycles. The Balaban J connectivity index is 1.40. The van der Waals surface area contributed by atoms with Crippen LogP contribution in [-0.2, 0) is 24.9 Å². The molecule has 1 unspecified atom stereocenters. The first-order valence-electron chi connectivity index (χ1n) is 14.5. The maximum atomic E-state index is 12.7. The van der Waals surface area contributed by atoms with Crippen molar-refractivity contribution >= 4 is 27.9 Å². The van der Waals surface area contributed by atoms with Gasteiger partial charge in [-0.25, -0.2) is 4.68 Å². The van der Waals surface area contributed by atoms with Crippen LogP contribution in [0.3, 0.4) is 0 Å². The summed E-state index contributed by atoms with van der Waals surface area (Å²) >= 11 is 0. The second-order valence-corrected chi connectivity index (χ2v) is 12.2. The van der Waals surface area contributed by atoms with Gasteiger partial charge in [0.2, 0.25) is 0 Å². The van der Waals surface area contributed by atoms with Gasteiger partial charge >= 0.3 is 5.97 Å². The molecule has 218 valence electrons. The highest BCUT2D eigenvalue weighted by Gasteiger charge is 2.40. The lowest BCUT2D eigenvalue weighted by molar-refractivity contribution is -0.147. The predicted molar refractivity (Wildman–Crippen MR) is 163 cm³/mol. The normalized spacial score (nSPS) is 16.8. The van der Waals surface area contributed by atoms with Crippen molar-refractivity contribution in [1.29, 1.82) is 0 Å².